The van der Waals surface area contributed by atoms with Crippen molar-refractivity contribution in [3.63, 3.8) is 0 Å². The second-order valence-corrected chi connectivity index (χ2v) is 9.52. The van der Waals surface area contributed by atoms with Crippen molar-refractivity contribution in [2.45, 2.75) is 6.04 Å². The van der Waals surface area contributed by atoms with Crippen molar-refractivity contribution in [3.8, 4) is 5.75 Å². The van der Waals surface area contributed by atoms with Crippen LogP contribution in [0.3, 0.4) is 0 Å². The van der Waals surface area contributed by atoms with Crippen molar-refractivity contribution < 1.29 is 13.9 Å². The van der Waals surface area contributed by atoms with Crippen LogP contribution in [0.15, 0.2) is 68.3 Å². The molecule has 0 aliphatic carbocycles. The van der Waals surface area contributed by atoms with Gasteiger partial charge in [-0.25, -0.2) is 0 Å². The number of rotatable bonds is 3. The Balaban J connectivity index is 1.81. The molecule has 166 valence electrons. The second kappa shape index (κ2) is 8.37. The quantitative estimate of drug-likeness (QED) is 0.262. The second-order valence-electron chi connectivity index (χ2n) is 7.38. The molecule has 9 heteroatoms. The van der Waals surface area contributed by atoms with Gasteiger partial charge < -0.3 is 9.15 Å². The molecule has 5 nitrogen and oxygen atoms in total. The van der Waals surface area contributed by atoms with Gasteiger partial charge in [0, 0.05) is 10.2 Å². The maximum Gasteiger partial charge on any atom is 0.295 e. The molecule has 0 fully saturated rings. The van der Waals surface area contributed by atoms with E-state index < -0.39 is 11.9 Å². The molecule has 4 aromatic rings. The SMILES string of the molecule is COc1ccc(N2C(=O)c3oc4ccc(Br)cc4c(=O)c3C2c2ccc(Cl)c(Cl)c2)cc1Cl. The van der Waals surface area contributed by atoms with E-state index in [1.165, 1.54) is 12.0 Å². The van der Waals surface area contributed by atoms with Gasteiger partial charge in [0.05, 0.1) is 39.2 Å². The molecule has 0 saturated heterocycles. The fraction of sp³-hybridized carbons (Fsp3) is 0.0833. The van der Waals surface area contributed by atoms with Crippen LogP contribution in [-0.4, -0.2) is 13.0 Å². The van der Waals surface area contributed by atoms with Crippen LogP contribution in [-0.2, 0) is 0 Å². The van der Waals surface area contributed by atoms with E-state index >= 15 is 0 Å². The molecule has 0 saturated carbocycles. The van der Waals surface area contributed by atoms with Gasteiger partial charge in [-0.1, -0.05) is 56.8 Å². The van der Waals surface area contributed by atoms with Gasteiger partial charge >= 0.3 is 0 Å². The molecule has 3 aromatic carbocycles. The number of benzene rings is 3. The highest BCUT2D eigenvalue weighted by atomic mass is 79.9. The summed E-state index contributed by atoms with van der Waals surface area (Å²) >= 11 is 22.1. The van der Waals surface area contributed by atoms with E-state index in [9.17, 15) is 9.59 Å². The summed E-state index contributed by atoms with van der Waals surface area (Å²) in [6.45, 7) is 0. The average Bonchev–Trinajstić information content (AvgIpc) is 3.09. The molecule has 1 aliphatic rings. The van der Waals surface area contributed by atoms with Gasteiger partial charge in [-0.3, -0.25) is 14.5 Å². The fourth-order valence-corrected chi connectivity index (χ4v) is 4.93. The number of ether oxygens (including phenoxy) is 1. The van der Waals surface area contributed by atoms with Crippen molar-refractivity contribution in [2.75, 3.05) is 12.0 Å². The van der Waals surface area contributed by atoms with Gasteiger partial charge in [0.2, 0.25) is 5.76 Å². The van der Waals surface area contributed by atoms with Crippen LogP contribution in [0.25, 0.3) is 11.0 Å². The number of hydrogen-bond donors (Lipinski definition) is 0. The third-order valence-electron chi connectivity index (χ3n) is 5.51. The minimum absolute atomic E-state index is 0.0298. The first-order chi connectivity index (χ1) is 15.8. The maximum absolute atomic E-state index is 13.6. The Kier molecular flexibility index (Phi) is 5.65. The first kappa shape index (κ1) is 22.3. The highest BCUT2D eigenvalue weighted by Gasteiger charge is 2.44. The van der Waals surface area contributed by atoms with Crippen LogP contribution in [0, 0.1) is 0 Å². The highest BCUT2D eigenvalue weighted by Crippen LogP contribution is 2.44. The maximum atomic E-state index is 13.6. The lowest BCUT2D eigenvalue weighted by atomic mass is 9.98. The number of hydrogen-bond acceptors (Lipinski definition) is 4. The Bertz CT molecular complexity index is 1520. The molecule has 0 spiro atoms. The summed E-state index contributed by atoms with van der Waals surface area (Å²) in [5.74, 6) is -0.0393. The molecular formula is C24H13BrCl3NO4. The van der Waals surface area contributed by atoms with Gasteiger partial charge in [-0.05, 0) is 54.1 Å². The van der Waals surface area contributed by atoms with E-state index in [1.807, 2.05) is 0 Å². The molecule has 1 aliphatic heterocycles. The fourth-order valence-electron chi connectivity index (χ4n) is 4.01. The van der Waals surface area contributed by atoms with E-state index in [1.54, 1.807) is 54.6 Å². The highest BCUT2D eigenvalue weighted by molar-refractivity contribution is 9.10. The third-order valence-corrected chi connectivity index (χ3v) is 7.03. The molecule has 2 heterocycles. The molecule has 33 heavy (non-hydrogen) atoms. The lowest BCUT2D eigenvalue weighted by molar-refractivity contribution is 0.0971. The summed E-state index contributed by atoms with van der Waals surface area (Å²) in [6, 6.07) is 14.2. The van der Waals surface area contributed by atoms with Crippen molar-refractivity contribution in [2.24, 2.45) is 0 Å². The van der Waals surface area contributed by atoms with Crippen molar-refractivity contribution in [1.29, 1.82) is 0 Å². The Morgan fingerprint density at radius 3 is 2.42 bits per heavy atom. The smallest absolute Gasteiger partial charge is 0.295 e. The minimum atomic E-state index is -0.800. The molecule has 1 unspecified atom stereocenters. The topological polar surface area (TPSA) is 59.8 Å². The van der Waals surface area contributed by atoms with Gasteiger partial charge in [0.25, 0.3) is 5.91 Å². The number of halogens is 4. The summed E-state index contributed by atoms with van der Waals surface area (Å²) in [7, 11) is 1.50. The predicted octanol–water partition coefficient (Wildman–Crippen LogP) is 7.27. The van der Waals surface area contributed by atoms with Crippen LogP contribution in [0.1, 0.15) is 27.7 Å². The van der Waals surface area contributed by atoms with Crippen molar-refractivity contribution in [3.05, 3.63) is 101 Å². The van der Waals surface area contributed by atoms with Gasteiger partial charge in [-0.2, -0.15) is 0 Å². The van der Waals surface area contributed by atoms with Crippen molar-refractivity contribution in [1.82, 2.24) is 0 Å². The zero-order valence-electron chi connectivity index (χ0n) is 16.9. The number of carbonyl (C=O) groups is 1. The number of amides is 1. The summed E-state index contributed by atoms with van der Waals surface area (Å²) < 4.78 is 11.9. The number of methoxy groups -OCH3 is 1. The molecule has 0 N–H and O–H groups in total. The number of anilines is 1. The first-order valence-corrected chi connectivity index (χ1v) is 11.6. The van der Waals surface area contributed by atoms with Gasteiger partial charge in [0.1, 0.15) is 11.3 Å². The molecule has 1 aromatic heterocycles. The largest absolute Gasteiger partial charge is 0.495 e. The van der Waals surface area contributed by atoms with Gasteiger partial charge in [-0.15, -0.1) is 0 Å². The Labute approximate surface area is 211 Å². The zero-order chi connectivity index (χ0) is 23.4. The van der Waals surface area contributed by atoms with E-state index in [-0.39, 0.29) is 16.8 Å². The van der Waals surface area contributed by atoms with Crippen LogP contribution in [0.5, 0.6) is 5.75 Å². The van der Waals surface area contributed by atoms with Crippen LogP contribution < -0.4 is 15.1 Å². The molecule has 1 atom stereocenters. The summed E-state index contributed by atoms with van der Waals surface area (Å²) in [4.78, 5) is 28.7. The molecule has 0 bridgehead atoms. The summed E-state index contributed by atoms with van der Waals surface area (Å²) in [5.41, 5.74) is 1.30. The number of fused-ring (bicyclic) bond motifs is 2. The standard InChI is InChI=1S/C24H13BrCl3NO4/c1-32-19-7-4-13(10-17(19)28)29-21(11-2-5-15(26)16(27)8-11)20-22(30)14-9-12(25)3-6-18(14)33-23(20)24(29)31/h2-10,21H,1H3. The minimum Gasteiger partial charge on any atom is -0.495 e. The van der Waals surface area contributed by atoms with E-state index in [4.69, 9.17) is 44.0 Å². The average molecular weight is 566 g/mol. The first-order valence-electron chi connectivity index (χ1n) is 9.68. The summed E-state index contributed by atoms with van der Waals surface area (Å²) in [5, 5.41) is 1.34. The van der Waals surface area contributed by atoms with E-state index in [0.29, 0.717) is 43.0 Å². The van der Waals surface area contributed by atoms with Crippen molar-refractivity contribution >= 4 is 73.3 Å². The molecule has 1 amide bonds. The Morgan fingerprint density at radius 1 is 0.939 bits per heavy atom. The van der Waals surface area contributed by atoms with E-state index in [2.05, 4.69) is 15.9 Å². The lowest BCUT2D eigenvalue weighted by Gasteiger charge is -2.26. The summed E-state index contributed by atoms with van der Waals surface area (Å²) in [6.07, 6.45) is 0. The zero-order valence-corrected chi connectivity index (χ0v) is 20.7. The van der Waals surface area contributed by atoms with Crippen LogP contribution in [0.4, 0.5) is 5.69 Å². The number of carbonyl (C=O) groups excluding carboxylic acids is 1. The molecule has 0 radical (unpaired) electrons. The Morgan fingerprint density at radius 2 is 1.73 bits per heavy atom. The molecule has 5 rings (SSSR count). The van der Waals surface area contributed by atoms with Gasteiger partial charge in [0.15, 0.2) is 5.43 Å². The number of nitrogens with zero attached hydrogens (tertiary/aromatic N) is 1. The predicted molar refractivity (Wildman–Crippen MR) is 133 cm³/mol. The molecular weight excluding hydrogens is 553 g/mol. The Hall–Kier alpha value is -2.51. The third kappa shape index (κ3) is 3.62. The normalized spacial score (nSPS) is 15.2. The lowest BCUT2D eigenvalue weighted by Crippen LogP contribution is -2.29. The van der Waals surface area contributed by atoms with E-state index in [0.717, 1.165) is 4.47 Å². The monoisotopic (exact) mass is 563 g/mol. The van der Waals surface area contributed by atoms with Crippen LogP contribution >= 0.6 is 50.7 Å². The van der Waals surface area contributed by atoms with Crippen LogP contribution in [0.2, 0.25) is 15.1 Å².